The Morgan fingerprint density at radius 2 is 2.29 bits per heavy atom. The number of nitrogen functional groups attached to an aromatic ring is 1. The van der Waals surface area contributed by atoms with E-state index in [4.69, 9.17) is 15.2 Å². The third-order valence-corrected chi connectivity index (χ3v) is 3.88. The lowest BCUT2D eigenvalue weighted by Crippen LogP contribution is -2.26. The zero-order valence-corrected chi connectivity index (χ0v) is 12.8. The third-order valence-electron chi connectivity index (χ3n) is 3.88. The average Bonchev–Trinajstić information content (AvgIpc) is 2.86. The zero-order chi connectivity index (χ0) is 15.2. The molecule has 1 atom stereocenters. The van der Waals surface area contributed by atoms with Gasteiger partial charge in [-0.1, -0.05) is 0 Å². The molecule has 1 aromatic carbocycles. The topological polar surface area (TPSA) is 64.8 Å². The average molecular weight is 292 g/mol. The maximum Gasteiger partial charge on any atom is 0.341 e. The maximum absolute atomic E-state index is 11.9. The van der Waals surface area contributed by atoms with E-state index in [0.29, 0.717) is 36.3 Å². The number of likely N-dealkylation sites (tertiary alicyclic amines) is 1. The first-order valence-electron chi connectivity index (χ1n) is 7.51. The van der Waals surface area contributed by atoms with Crippen molar-refractivity contribution in [1.82, 2.24) is 4.90 Å². The van der Waals surface area contributed by atoms with Gasteiger partial charge in [0.25, 0.3) is 0 Å². The second kappa shape index (κ2) is 7.31. The van der Waals surface area contributed by atoms with E-state index in [-0.39, 0.29) is 0 Å². The molecule has 1 aliphatic heterocycles. The van der Waals surface area contributed by atoms with Crippen LogP contribution in [0.25, 0.3) is 0 Å². The van der Waals surface area contributed by atoms with Gasteiger partial charge in [-0.3, -0.25) is 0 Å². The van der Waals surface area contributed by atoms with Crippen LogP contribution in [0.4, 0.5) is 5.69 Å². The summed E-state index contributed by atoms with van der Waals surface area (Å²) >= 11 is 0. The van der Waals surface area contributed by atoms with E-state index in [1.54, 1.807) is 25.1 Å². The van der Waals surface area contributed by atoms with E-state index in [1.807, 2.05) is 0 Å². The van der Waals surface area contributed by atoms with Gasteiger partial charge in [-0.05, 0) is 58.0 Å². The van der Waals surface area contributed by atoms with Gasteiger partial charge in [0.1, 0.15) is 11.3 Å². The molecule has 1 aromatic rings. The Hall–Kier alpha value is -1.75. The molecule has 0 amide bonds. The molecule has 5 heteroatoms. The molecule has 1 heterocycles. The lowest BCUT2D eigenvalue weighted by atomic mass is 10.1. The first-order chi connectivity index (χ1) is 10.1. The van der Waals surface area contributed by atoms with Crippen molar-refractivity contribution in [2.24, 2.45) is 0 Å². The molecule has 1 unspecified atom stereocenters. The summed E-state index contributed by atoms with van der Waals surface area (Å²) in [6.07, 6.45) is 3.42. The Morgan fingerprint density at radius 3 is 2.95 bits per heavy atom. The number of anilines is 1. The van der Waals surface area contributed by atoms with E-state index < -0.39 is 5.97 Å². The molecule has 1 fully saturated rings. The Kier molecular flexibility index (Phi) is 5.44. The number of ether oxygens (including phenoxy) is 2. The molecule has 0 aliphatic carbocycles. The molecule has 2 rings (SSSR count). The van der Waals surface area contributed by atoms with E-state index in [0.717, 1.165) is 13.0 Å². The van der Waals surface area contributed by atoms with Crippen LogP contribution in [0, 0.1) is 0 Å². The lowest BCUT2D eigenvalue weighted by Gasteiger charge is -2.19. The molecule has 116 valence electrons. The second-order valence-electron chi connectivity index (χ2n) is 5.39. The van der Waals surface area contributed by atoms with E-state index in [2.05, 4.69) is 11.9 Å². The Bertz CT molecular complexity index is 490. The van der Waals surface area contributed by atoms with Gasteiger partial charge in [-0.2, -0.15) is 0 Å². The number of hydrogen-bond donors (Lipinski definition) is 1. The van der Waals surface area contributed by atoms with Gasteiger partial charge < -0.3 is 20.1 Å². The predicted octanol–water partition coefficient (Wildman–Crippen LogP) is 2.31. The van der Waals surface area contributed by atoms with Gasteiger partial charge in [0.05, 0.1) is 13.2 Å². The molecule has 21 heavy (non-hydrogen) atoms. The van der Waals surface area contributed by atoms with E-state index >= 15 is 0 Å². The van der Waals surface area contributed by atoms with Crippen LogP contribution in [0.1, 0.15) is 36.5 Å². The van der Waals surface area contributed by atoms with Crippen molar-refractivity contribution in [2.45, 2.75) is 32.2 Å². The van der Waals surface area contributed by atoms with Crippen LogP contribution < -0.4 is 10.5 Å². The smallest absolute Gasteiger partial charge is 0.341 e. The summed E-state index contributed by atoms with van der Waals surface area (Å²) in [4.78, 5) is 14.3. The van der Waals surface area contributed by atoms with Gasteiger partial charge >= 0.3 is 5.97 Å². The van der Waals surface area contributed by atoms with E-state index in [1.165, 1.54) is 12.8 Å². The van der Waals surface area contributed by atoms with Gasteiger partial charge in [0.15, 0.2) is 0 Å². The highest BCUT2D eigenvalue weighted by molar-refractivity contribution is 5.93. The molecule has 5 nitrogen and oxygen atoms in total. The molecule has 2 N–H and O–H groups in total. The summed E-state index contributed by atoms with van der Waals surface area (Å²) in [5.41, 5.74) is 6.67. The van der Waals surface area contributed by atoms with Crippen molar-refractivity contribution in [2.75, 3.05) is 32.5 Å². The van der Waals surface area contributed by atoms with Crippen LogP contribution in [0.5, 0.6) is 5.75 Å². The lowest BCUT2D eigenvalue weighted by molar-refractivity contribution is 0.0521. The fraction of sp³-hybridized carbons (Fsp3) is 0.562. The monoisotopic (exact) mass is 292 g/mol. The molecule has 0 saturated carbocycles. The summed E-state index contributed by atoms with van der Waals surface area (Å²) < 4.78 is 10.8. The van der Waals surface area contributed by atoms with Crippen molar-refractivity contribution in [3.63, 3.8) is 0 Å². The summed E-state index contributed by atoms with van der Waals surface area (Å²) in [6.45, 7) is 3.85. The quantitative estimate of drug-likeness (QED) is 0.644. The van der Waals surface area contributed by atoms with Crippen LogP contribution in [-0.2, 0) is 4.74 Å². The third kappa shape index (κ3) is 4.11. The number of carbonyl (C=O) groups is 1. The highest BCUT2D eigenvalue weighted by Gasteiger charge is 2.21. The molecule has 1 saturated heterocycles. The normalized spacial score (nSPS) is 18.7. The number of nitrogens with zero attached hydrogens (tertiary/aromatic N) is 1. The molecule has 0 radical (unpaired) electrons. The number of hydrogen-bond acceptors (Lipinski definition) is 5. The van der Waals surface area contributed by atoms with Crippen LogP contribution in [0.2, 0.25) is 0 Å². The minimum absolute atomic E-state index is 0.333. The molecule has 0 aromatic heterocycles. The predicted molar refractivity (Wildman–Crippen MR) is 82.6 cm³/mol. The summed E-state index contributed by atoms with van der Waals surface area (Å²) in [6, 6.07) is 5.65. The molecular formula is C16H24N2O3. The highest BCUT2D eigenvalue weighted by Crippen LogP contribution is 2.24. The Labute approximate surface area is 126 Å². The fourth-order valence-electron chi connectivity index (χ4n) is 2.69. The minimum atomic E-state index is -0.391. The molecule has 1 aliphatic rings. The largest absolute Gasteiger partial charge is 0.493 e. The Morgan fingerprint density at radius 1 is 1.48 bits per heavy atom. The van der Waals surface area contributed by atoms with Gasteiger partial charge in [-0.25, -0.2) is 4.79 Å². The van der Waals surface area contributed by atoms with Gasteiger partial charge in [0.2, 0.25) is 0 Å². The fourth-order valence-corrected chi connectivity index (χ4v) is 2.69. The van der Waals surface area contributed by atoms with Crippen LogP contribution >= 0.6 is 0 Å². The van der Waals surface area contributed by atoms with Crippen molar-refractivity contribution in [3.8, 4) is 5.75 Å². The number of rotatable bonds is 6. The molecule has 0 spiro atoms. The second-order valence-corrected chi connectivity index (χ2v) is 5.39. The molecule has 0 bridgehead atoms. The van der Waals surface area contributed by atoms with Crippen LogP contribution in [0.3, 0.4) is 0 Å². The van der Waals surface area contributed by atoms with Gasteiger partial charge in [0, 0.05) is 11.7 Å². The zero-order valence-electron chi connectivity index (χ0n) is 12.8. The first-order valence-corrected chi connectivity index (χ1v) is 7.51. The van der Waals surface area contributed by atoms with E-state index in [9.17, 15) is 4.79 Å². The first kappa shape index (κ1) is 15.6. The summed E-state index contributed by atoms with van der Waals surface area (Å²) in [5.74, 6) is 0.154. The molecular weight excluding hydrogens is 268 g/mol. The number of benzene rings is 1. The summed E-state index contributed by atoms with van der Waals surface area (Å²) in [5, 5.41) is 0. The van der Waals surface area contributed by atoms with Gasteiger partial charge in [-0.15, -0.1) is 0 Å². The van der Waals surface area contributed by atoms with Crippen LogP contribution in [-0.4, -0.2) is 43.7 Å². The standard InChI is InChI=1S/C16H24N2O3/c1-3-20-16(19)14-11-12(17)6-7-15(14)21-10-8-13-5-4-9-18(13)2/h6-7,11,13H,3-5,8-10,17H2,1-2H3. The van der Waals surface area contributed by atoms with Crippen molar-refractivity contribution >= 4 is 11.7 Å². The van der Waals surface area contributed by atoms with Crippen LogP contribution in [0.15, 0.2) is 18.2 Å². The number of esters is 1. The van der Waals surface area contributed by atoms with Crippen molar-refractivity contribution in [1.29, 1.82) is 0 Å². The minimum Gasteiger partial charge on any atom is -0.493 e. The Balaban J connectivity index is 1.97. The highest BCUT2D eigenvalue weighted by atomic mass is 16.5. The summed E-state index contributed by atoms with van der Waals surface area (Å²) in [7, 11) is 2.14. The van der Waals surface area contributed by atoms with Crippen molar-refractivity contribution in [3.05, 3.63) is 23.8 Å². The van der Waals surface area contributed by atoms with Crippen molar-refractivity contribution < 1.29 is 14.3 Å². The number of nitrogens with two attached hydrogens (primary N) is 1. The SMILES string of the molecule is CCOC(=O)c1cc(N)ccc1OCCC1CCCN1C. The number of carbonyl (C=O) groups excluding carboxylic acids is 1. The maximum atomic E-state index is 11.9.